The van der Waals surface area contributed by atoms with Crippen molar-refractivity contribution in [2.45, 2.75) is 245 Å². The third-order valence-corrected chi connectivity index (χ3v) is 11.4. The molecular formula is C61H100O6. The number of rotatable bonds is 48. The first kappa shape index (κ1) is 63.1. The second-order valence-corrected chi connectivity index (χ2v) is 17.8. The van der Waals surface area contributed by atoms with Crippen LogP contribution < -0.4 is 0 Å². The third-order valence-electron chi connectivity index (χ3n) is 11.4. The van der Waals surface area contributed by atoms with Gasteiger partial charge in [0.15, 0.2) is 6.10 Å². The lowest BCUT2D eigenvalue weighted by Gasteiger charge is -2.18. The monoisotopic (exact) mass is 929 g/mol. The highest BCUT2D eigenvalue weighted by molar-refractivity contribution is 5.71. The van der Waals surface area contributed by atoms with Gasteiger partial charge < -0.3 is 14.2 Å². The Labute approximate surface area is 412 Å². The zero-order valence-electron chi connectivity index (χ0n) is 43.4. The first-order valence-electron chi connectivity index (χ1n) is 27.5. The molecule has 0 amide bonds. The number of esters is 3. The van der Waals surface area contributed by atoms with Crippen LogP contribution in [0.3, 0.4) is 0 Å². The summed E-state index contributed by atoms with van der Waals surface area (Å²) in [7, 11) is 0. The minimum Gasteiger partial charge on any atom is -0.462 e. The zero-order chi connectivity index (χ0) is 48.6. The van der Waals surface area contributed by atoms with Crippen LogP contribution in [0.2, 0.25) is 0 Å². The summed E-state index contributed by atoms with van der Waals surface area (Å²) in [5.74, 6) is -0.944. The molecule has 0 saturated carbocycles. The van der Waals surface area contributed by atoms with Crippen LogP contribution in [0.4, 0.5) is 0 Å². The molecule has 6 heteroatoms. The number of hydrogen-bond acceptors (Lipinski definition) is 6. The van der Waals surface area contributed by atoms with Crippen molar-refractivity contribution in [2.24, 2.45) is 0 Å². The third kappa shape index (κ3) is 52.9. The van der Waals surface area contributed by atoms with Gasteiger partial charge >= 0.3 is 17.9 Å². The van der Waals surface area contributed by atoms with Crippen molar-refractivity contribution in [1.82, 2.24) is 0 Å². The van der Waals surface area contributed by atoms with Gasteiger partial charge in [-0.15, -0.1) is 0 Å². The van der Waals surface area contributed by atoms with Crippen molar-refractivity contribution < 1.29 is 28.6 Å². The van der Waals surface area contributed by atoms with E-state index in [2.05, 4.69) is 130 Å². The summed E-state index contributed by atoms with van der Waals surface area (Å²) in [6.45, 7) is 6.34. The van der Waals surface area contributed by atoms with E-state index in [1.807, 2.05) is 0 Å². The number of carbonyl (C=O) groups excluding carboxylic acids is 3. The van der Waals surface area contributed by atoms with Gasteiger partial charge in [0.05, 0.1) is 0 Å². The maximum Gasteiger partial charge on any atom is 0.306 e. The highest BCUT2D eigenvalue weighted by atomic mass is 16.6. The van der Waals surface area contributed by atoms with Crippen molar-refractivity contribution in [2.75, 3.05) is 13.2 Å². The molecule has 0 aromatic heterocycles. The Kier molecular flexibility index (Phi) is 51.5. The second-order valence-electron chi connectivity index (χ2n) is 17.8. The van der Waals surface area contributed by atoms with Crippen LogP contribution in [0.5, 0.6) is 0 Å². The Bertz CT molecular complexity index is 1390. The lowest BCUT2D eigenvalue weighted by molar-refractivity contribution is -0.167. The molecule has 1 unspecified atom stereocenters. The van der Waals surface area contributed by atoms with Gasteiger partial charge in [0.1, 0.15) is 13.2 Å². The molecule has 0 fully saturated rings. The number of allylic oxidation sites excluding steroid dienone is 18. The topological polar surface area (TPSA) is 78.9 Å². The van der Waals surface area contributed by atoms with Crippen molar-refractivity contribution in [3.05, 3.63) is 109 Å². The highest BCUT2D eigenvalue weighted by Gasteiger charge is 2.19. The fourth-order valence-electron chi connectivity index (χ4n) is 7.28. The Morgan fingerprint density at radius 3 is 1.07 bits per heavy atom. The van der Waals surface area contributed by atoms with Crippen LogP contribution in [0.25, 0.3) is 0 Å². The van der Waals surface area contributed by atoms with E-state index in [1.54, 1.807) is 0 Å². The van der Waals surface area contributed by atoms with Crippen LogP contribution in [0.15, 0.2) is 109 Å². The maximum atomic E-state index is 12.8. The minimum absolute atomic E-state index is 0.0985. The van der Waals surface area contributed by atoms with Gasteiger partial charge in [-0.05, 0) is 96.3 Å². The zero-order valence-corrected chi connectivity index (χ0v) is 43.4. The summed E-state index contributed by atoms with van der Waals surface area (Å²) in [5.41, 5.74) is 0. The van der Waals surface area contributed by atoms with Crippen molar-refractivity contribution >= 4 is 17.9 Å². The van der Waals surface area contributed by atoms with E-state index < -0.39 is 6.10 Å². The lowest BCUT2D eigenvalue weighted by atomic mass is 10.1. The summed E-state index contributed by atoms with van der Waals surface area (Å²) >= 11 is 0. The fraction of sp³-hybridized carbons (Fsp3) is 0.656. The molecule has 0 aliphatic heterocycles. The summed E-state index contributed by atoms with van der Waals surface area (Å²) in [5, 5.41) is 0. The average Bonchev–Trinajstić information content (AvgIpc) is 3.33. The average molecular weight is 929 g/mol. The standard InChI is InChI=1S/C61H100O6/c1-4-7-10-13-16-19-22-25-28-30-31-34-36-39-42-45-48-51-54-60(63)66-57-58(56-65-59(62)53-50-47-44-41-38-35-32-27-24-21-18-15-12-9-6-3)67-61(64)55-52-49-46-43-40-37-33-29-26-23-20-17-14-11-8-5-2/h8-9,11-12,15,17-18,20-22,24-26,28-31,34,58H,4-7,10,13-14,16,19,23,27,32-33,35-57H2,1-3H3/b11-8-,12-9-,18-15-,20-17-,24-21-,25-22-,29-26-,30-28-,34-31-. The molecule has 0 radical (unpaired) electrons. The summed E-state index contributed by atoms with van der Waals surface area (Å²) in [6.07, 6.45) is 73.5. The summed E-state index contributed by atoms with van der Waals surface area (Å²) in [4.78, 5) is 38.1. The molecular weight excluding hydrogens is 829 g/mol. The highest BCUT2D eigenvalue weighted by Crippen LogP contribution is 2.14. The lowest BCUT2D eigenvalue weighted by Crippen LogP contribution is -2.30. The summed E-state index contributed by atoms with van der Waals surface area (Å²) < 4.78 is 16.8. The fourth-order valence-corrected chi connectivity index (χ4v) is 7.28. The number of ether oxygens (including phenoxy) is 3. The molecule has 380 valence electrons. The van der Waals surface area contributed by atoms with E-state index in [0.717, 1.165) is 128 Å². The van der Waals surface area contributed by atoms with E-state index in [1.165, 1.54) is 70.6 Å². The van der Waals surface area contributed by atoms with Gasteiger partial charge in [-0.2, -0.15) is 0 Å². The molecule has 0 aromatic carbocycles. The molecule has 0 aliphatic carbocycles. The first-order chi connectivity index (χ1) is 33.0. The normalized spacial score (nSPS) is 12.9. The van der Waals surface area contributed by atoms with E-state index in [0.29, 0.717) is 19.3 Å². The van der Waals surface area contributed by atoms with Gasteiger partial charge in [-0.3, -0.25) is 14.4 Å². The summed E-state index contributed by atoms with van der Waals surface area (Å²) in [6, 6.07) is 0. The van der Waals surface area contributed by atoms with Crippen LogP contribution in [-0.4, -0.2) is 37.2 Å². The van der Waals surface area contributed by atoms with E-state index in [4.69, 9.17) is 14.2 Å². The van der Waals surface area contributed by atoms with Crippen molar-refractivity contribution in [1.29, 1.82) is 0 Å². The van der Waals surface area contributed by atoms with E-state index >= 15 is 0 Å². The molecule has 0 bridgehead atoms. The first-order valence-corrected chi connectivity index (χ1v) is 27.5. The Balaban J connectivity index is 4.48. The molecule has 0 saturated heterocycles. The van der Waals surface area contributed by atoms with Gasteiger partial charge in [-0.1, -0.05) is 233 Å². The van der Waals surface area contributed by atoms with E-state index in [-0.39, 0.29) is 31.1 Å². The molecule has 0 aromatic rings. The van der Waals surface area contributed by atoms with Crippen LogP contribution in [-0.2, 0) is 28.6 Å². The smallest absolute Gasteiger partial charge is 0.306 e. The molecule has 0 rings (SSSR count). The number of carbonyl (C=O) groups is 3. The van der Waals surface area contributed by atoms with Gasteiger partial charge in [0, 0.05) is 19.3 Å². The Hall–Kier alpha value is -3.93. The van der Waals surface area contributed by atoms with Crippen LogP contribution >= 0.6 is 0 Å². The van der Waals surface area contributed by atoms with Gasteiger partial charge in [0.25, 0.3) is 0 Å². The van der Waals surface area contributed by atoms with Crippen LogP contribution in [0, 0.1) is 0 Å². The molecule has 1 atom stereocenters. The molecule has 67 heavy (non-hydrogen) atoms. The molecule has 0 N–H and O–H groups in total. The molecule has 6 nitrogen and oxygen atoms in total. The van der Waals surface area contributed by atoms with Gasteiger partial charge in [0.2, 0.25) is 0 Å². The molecule has 0 aliphatic rings. The number of unbranched alkanes of at least 4 members (excludes halogenated alkanes) is 23. The molecule has 0 spiro atoms. The number of hydrogen-bond donors (Lipinski definition) is 0. The predicted octanol–water partition coefficient (Wildman–Crippen LogP) is 18.3. The van der Waals surface area contributed by atoms with E-state index in [9.17, 15) is 14.4 Å². The van der Waals surface area contributed by atoms with Crippen molar-refractivity contribution in [3.8, 4) is 0 Å². The Morgan fingerprint density at radius 2 is 0.657 bits per heavy atom. The largest absolute Gasteiger partial charge is 0.462 e. The maximum absolute atomic E-state index is 12.8. The molecule has 0 heterocycles. The van der Waals surface area contributed by atoms with Gasteiger partial charge in [-0.25, -0.2) is 0 Å². The quantitative estimate of drug-likeness (QED) is 0.0199. The Morgan fingerprint density at radius 1 is 0.328 bits per heavy atom. The minimum atomic E-state index is -0.801. The second kappa shape index (κ2) is 54.7. The van der Waals surface area contributed by atoms with Crippen LogP contribution in [0.1, 0.15) is 239 Å². The predicted molar refractivity (Wildman–Crippen MR) is 288 cm³/mol. The van der Waals surface area contributed by atoms with Crippen molar-refractivity contribution in [3.63, 3.8) is 0 Å². The SMILES string of the molecule is CC\C=C/C=C\C=C/CCCCCCCCCC(=O)OCC(COC(=O)CCCCCCC\C=C/C=C\C=C/CCCCCCC)OC(=O)CCCCCCCC/C=C\C/C=C\C/C=C\CC.